The summed E-state index contributed by atoms with van der Waals surface area (Å²) in [6.07, 6.45) is 0. The van der Waals surface area contributed by atoms with Gasteiger partial charge in [0.05, 0.1) is 16.8 Å². The van der Waals surface area contributed by atoms with Gasteiger partial charge in [-0.05, 0) is 36.4 Å². The van der Waals surface area contributed by atoms with Crippen LogP contribution in [0.5, 0.6) is 5.75 Å². The Morgan fingerprint density at radius 1 is 1.14 bits per heavy atom. The summed E-state index contributed by atoms with van der Waals surface area (Å²) >= 11 is 5.59. The molecule has 7 heteroatoms. The Bertz CT molecular complexity index is 733. The number of carboxylic acids is 1. The van der Waals surface area contributed by atoms with Crippen molar-refractivity contribution in [3.05, 3.63) is 58.4 Å². The summed E-state index contributed by atoms with van der Waals surface area (Å²) < 4.78 is 13.6. The standard InChI is InChI=1S/C14H9ClFNO4/c15-8-2-3-9(10(16)6-8)13(19)17-11-4-1-7(14(20)21)5-12(11)18/h1-6,18H,(H,17,19)(H,20,21). The third-order valence-electron chi connectivity index (χ3n) is 2.67. The number of rotatable bonds is 3. The average Bonchev–Trinajstić information content (AvgIpc) is 2.40. The fourth-order valence-corrected chi connectivity index (χ4v) is 1.79. The minimum absolute atomic E-state index is 0.0284. The number of amides is 1. The molecule has 2 aromatic carbocycles. The number of nitrogens with one attached hydrogen (secondary N) is 1. The van der Waals surface area contributed by atoms with Crippen molar-refractivity contribution in [2.24, 2.45) is 0 Å². The molecule has 0 aliphatic heterocycles. The smallest absolute Gasteiger partial charge is 0.335 e. The van der Waals surface area contributed by atoms with Crippen LogP contribution in [0.4, 0.5) is 10.1 Å². The van der Waals surface area contributed by atoms with Crippen LogP contribution in [-0.4, -0.2) is 22.1 Å². The molecular weight excluding hydrogens is 301 g/mol. The average molecular weight is 310 g/mol. The normalized spacial score (nSPS) is 10.2. The van der Waals surface area contributed by atoms with E-state index in [-0.39, 0.29) is 21.8 Å². The molecule has 0 aliphatic carbocycles. The van der Waals surface area contributed by atoms with E-state index in [1.165, 1.54) is 24.3 Å². The van der Waals surface area contributed by atoms with Crippen LogP contribution < -0.4 is 5.32 Å². The number of aromatic hydroxyl groups is 1. The van der Waals surface area contributed by atoms with Gasteiger partial charge in [-0.15, -0.1) is 0 Å². The number of aromatic carboxylic acids is 1. The van der Waals surface area contributed by atoms with Crippen molar-refractivity contribution in [3.63, 3.8) is 0 Å². The number of halogens is 2. The lowest BCUT2D eigenvalue weighted by Crippen LogP contribution is -2.14. The number of phenols is 1. The molecule has 0 aromatic heterocycles. The molecule has 0 fully saturated rings. The minimum atomic E-state index is -1.22. The number of anilines is 1. The fraction of sp³-hybridized carbons (Fsp3) is 0. The van der Waals surface area contributed by atoms with Crippen LogP contribution in [0.2, 0.25) is 5.02 Å². The van der Waals surface area contributed by atoms with Gasteiger partial charge >= 0.3 is 5.97 Å². The summed E-state index contributed by atoms with van der Waals surface area (Å²) in [5, 5.41) is 20.9. The van der Waals surface area contributed by atoms with Crippen molar-refractivity contribution in [3.8, 4) is 5.75 Å². The lowest BCUT2D eigenvalue weighted by atomic mass is 10.1. The molecule has 0 saturated heterocycles. The minimum Gasteiger partial charge on any atom is -0.506 e. The summed E-state index contributed by atoms with van der Waals surface area (Å²) in [4.78, 5) is 22.6. The van der Waals surface area contributed by atoms with Gasteiger partial charge in [0.25, 0.3) is 5.91 Å². The van der Waals surface area contributed by atoms with Crippen LogP contribution in [0.1, 0.15) is 20.7 Å². The van der Waals surface area contributed by atoms with Crippen molar-refractivity contribution >= 4 is 29.2 Å². The lowest BCUT2D eigenvalue weighted by Gasteiger charge is -2.08. The Morgan fingerprint density at radius 3 is 2.43 bits per heavy atom. The third kappa shape index (κ3) is 3.29. The summed E-state index contributed by atoms with van der Waals surface area (Å²) in [6.45, 7) is 0. The summed E-state index contributed by atoms with van der Waals surface area (Å²) in [7, 11) is 0. The molecule has 0 aliphatic rings. The zero-order valence-electron chi connectivity index (χ0n) is 10.4. The summed E-state index contributed by atoms with van der Waals surface area (Å²) in [5.74, 6) is -3.24. The van der Waals surface area contributed by atoms with Gasteiger partial charge < -0.3 is 15.5 Å². The predicted octanol–water partition coefficient (Wildman–Crippen LogP) is 3.14. The Labute approximate surface area is 123 Å². The Hall–Kier alpha value is -2.60. The van der Waals surface area contributed by atoms with Gasteiger partial charge in [-0.3, -0.25) is 4.79 Å². The van der Waals surface area contributed by atoms with Crippen molar-refractivity contribution in [2.45, 2.75) is 0 Å². The summed E-state index contributed by atoms with van der Waals surface area (Å²) in [6, 6.07) is 6.95. The van der Waals surface area contributed by atoms with Gasteiger partial charge in [0, 0.05) is 5.02 Å². The van der Waals surface area contributed by atoms with E-state index >= 15 is 0 Å². The molecule has 5 nitrogen and oxygen atoms in total. The first-order valence-corrected chi connectivity index (χ1v) is 6.09. The highest BCUT2D eigenvalue weighted by atomic mass is 35.5. The molecule has 0 heterocycles. The van der Waals surface area contributed by atoms with Gasteiger partial charge in [0.15, 0.2) is 0 Å². The lowest BCUT2D eigenvalue weighted by molar-refractivity contribution is 0.0696. The largest absolute Gasteiger partial charge is 0.506 e. The van der Waals surface area contributed by atoms with Crippen molar-refractivity contribution in [1.29, 1.82) is 0 Å². The SMILES string of the molecule is O=C(O)c1ccc(NC(=O)c2ccc(Cl)cc2F)c(O)c1. The molecule has 2 aromatic rings. The monoisotopic (exact) mass is 309 g/mol. The zero-order chi connectivity index (χ0) is 15.6. The topological polar surface area (TPSA) is 86.6 Å². The quantitative estimate of drug-likeness (QED) is 0.760. The van der Waals surface area contributed by atoms with E-state index in [9.17, 15) is 19.1 Å². The van der Waals surface area contributed by atoms with Crippen LogP contribution >= 0.6 is 11.6 Å². The fourth-order valence-electron chi connectivity index (χ4n) is 1.63. The molecule has 0 saturated carbocycles. The van der Waals surface area contributed by atoms with Crippen LogP contribution in [0.25, 0.3) is 0 Å². The molecule has 0 spiro atoms. The van der Waals surface area contributed by atoms with Crippen LogP contribution in [0, 0.1) is 5.82 Å². The van der Waals surface area contributed by atoms with Gasteiger partial charge in [0.1, 0.15) is 11.6 Å². The van der Waals surface area contributed by atoms with E-state index in [0.29, 0.717) is 0 Å². The van der Waals surface area contributed by atoms with E-state index in [4.69, 9.17) is 16.7 Å². The van der Waals surface area contributed by atoms with Gasteiger partial charge in [-0.2, -0.15) is 0 Å². The number of benzene rings is 2. The number of carbonyl (C=O) groups is 2. The maximum atomic E-state index is 13.6. The van der Waals surface area contributed by atoms with E-state index in [2.05, 4.69) is 5.32 Å². The number of phenolic OH excluding ortho intramolecular Hbond substituents is 1. The summed E-state index contributed by atoms with van der Waals surface area (Å²) in [5.41, 5.74) is -0.413. The Kier molecular flexibility index (Phi) is 4.09. The van der Waals surface area contributed by atoms with E-state index in [0.717, 1.165) is 12.1 Å². The molecule has 0 atom stereocenters. The molecule has 0 bridgehead atoms. The molecular formula is C14H9ClFNO4. The second-order valence-electron chi connectivity index (χ2n) is 4.12. The first kappa shape index (κ1) is 14.8. The number of hydrogen-bond donors (Lipinski definition) is 3. The number of carboxylic acid groups (broad SMARTS) is 1. The van der Waals surface area contributed by atoms with Crippen molar-refractivity contribution in [1.82, 2.24) is 0 Å². The van der Waals surface area contributed by atoms with E-state index in [1.54, 1.807) is 0 Å². The zero-order valence-corrected chi connectivity index (χ0v) is 11.2. The maximum Gasteiger partial charge on any atom is 0.335 e. The third-order valence-corrected chi connectivity index (χ3v) is 2.90. The second-order valence-corrected chi connectivity index (χ2v) is 4.55. The van der Waals surface area contributed by atoms with Crippen molar-refractivity contribution in [2.75, 3.05) is 5.32 Å². The first-order valence-electron chi connectivity index (χ1n) is 5.71. The molecule has 1 amide bonds. The molecule has 0 unspecified atom stereocenters. The van der Waals surface area contributed by atoms with Crippen LogP contribution in [0.15, 0.2) is 36.4 Å². The molecule has 2 rings (SSSR count). The van der Waals surface area contributed by atoms with Crippen LogP contribution in [-0.2, 0) is 0 Å². The number of carbonyl (C=O) groups excluding carboxylic acids is 1. The van der Waals surface area contributed by atoms with Crippen molar-refractivity contribution < 1.29 is 24.2 Å². The highest BCUT2D eigenvalue weighted by molar-refractivity contribution is 6.30. The Morgan fingerprint density at radius 2 is 1.86 bits per heavy atom. The second kappa shape index (κ2) is 5.80. The molecule has 3 N–H and O–H groups in total. The maximum absolute atomic E-state index is 13.6. The van der Waals surface area contributed by atoms with E-state index in [1.807, 2.05) is 0 Å². The predicted molar refractivity (Wildman–Crippen MR) is 74.4 cm³/mol. The highest BCUT2D eigenvalue weighted by Crippen LogP contribution is 2.25. The van der Waals surface area contributed by atoms with Gasteiger partial charge in [0.2, 0.25) is 0 Å². The van der Waals surface area contributed by atoms with E-state index < -0.39 is 23.4 Å². The van der Waals surface area contributed by atoms with Crippen LogP contribution in [0.3, 0.4) is 0 Å². The van der Waals surface area contributed by atoms with Gasteiger partial charge in [-0.1, -0.05) is 11.6 Å². The molecule has 0 radical (unpaired) electrons. The molecule has 21 heavy (non-hydrogen) atoms. The highest BCUT2D eigenvalue weighted by Gasteiger charge is 2.15. The Balaban J connectivity index is 2.25. The van der Waals surface area contributed by atoms with Gasteiger partial charge in [-0.25, -0.2) is 9.18 Å². The molecule has 108 valence electrons. The number of hydrogen-bond acceptors (Lipinski definition) is 3. The first-order chi connectivity index (χ1) is 9.88.